The van der Waals surface area contributed by atoms with Crippen LogP contribution in [0.5, 0.6) is 5.88 Å². The van der Waals surface area contributed by atoms with Crippen molar-refractivity contribution in [3.05, 3.63) is 53.2 Å². The number of hydrogen-bond acceptors (Lipinski definition) is 7. The summed E-state index contributed by atoms with van der Waals surface area (Å²) in [7, 11) is -3.98. The van der Waals surface area contributed by atoms with Gasteiger partial charge in [0.1, 0.15) is 34.3 Å². The SMILES string of the molecule is C#CCOc1cnc(C(F)=Cc2ccc(F)c(C3(CF)CS(=O)(=O)C(C)(C)C(N)=N3)c2)cn1. The molecule has 0 bridgehead atoms. The van der Waals surface area contributed by atoms with Crippen LogP contribution in [0, 0.1) is 18.2 Å². The third kappa shape index (κ3) is 4.57. The number of benzene rings is 1. The third-order valence-electron chi connectivity index (χ3n) is 5.34. The van der Waals surface area contributed by atoms with Gasteiger partial charge >= 0.3 is 0 Å². The number of ether oxygens (including phenoxy) is 1. The molecule has 174 valence electrons. The van der Waals surface area contributed by atoms with E-state index >= 15 is 0 Å². The van der Waals surface area contributed by atoms with Gasteiger partial charge in [-0.15, -0.1) is 6.42 Å². The zero-order chi connectivity index (χ0) is 24.4. The number of amidine groups is 1. The Morgan fingerprint density at radius 3 is 2.64 bits per heavy atom. The molecule has 2 heterocycles. The van der Waals surface area contributed by atoms with Crippen molar-refractivity contribution in [2.75, 3.05) is 19.0 Å². The highest BCUT2D eigenvalue weighted by molar-refractivity contribution is 7.93. The summed E-state index contributed by atoms with van der Waals surface area (Å²) >= 11 is 0. The number of nitrogens with two attached hydrogens (primary N) is 1. The Morgan fingerprint density at radius 2 is 2.06 bits per heavy atom. The molecule has 0 amide bonds. The average Bonchev–Trinajstić information content (AvgIpc) is 2.77. The number of terminal acetylenes is 1. The monoisotopic (exact) mass is 478 g/mol. The molecule has 2 aromatic rings. The van der Waals surface area contributed by atoms with Crippen LogP contribution in [0.1, 0.15) is 30.7 Å². The van der Waals surface area contributed by atoms with Crippen LogP contribution in [0.25, 0.3) is 11.9 Å². The molecule has 1 aromatic heterocycles. The maximum Gasteiger partial charge on any atom is 0.233 e. The number of aromatic nitrogens is 2. The smallest absolute Gasteiger partial charge is 0.233 e. The molecule has 0 radical (unpaired) electrons. The summed E-state index contributed by atoms with van der Waals surface area (Å²) in [6, 6.07) is 3.36. The normalized spacial score (nSPS) is 21.7. The minimum Gasteiger partial charge on any atom is -0.463 e. The lowest BCUT2D eigenvalue weighted by Gasteiger charge is -2.38. The first kappa shape index (κ1) is 24.3. The van der Waals surface area contributed by atoms with Crippen molar-refractivity contribution in [1.29, 1.82) is 0 Å². The summed E-state index contributed by atoms with van der Waals surface area (Å²) in [6.07, 6.45) is 8.40. The number of sulfone groups is 1. The highest BCUT2D eigenvalue weighted by atomic mass is 32.2. The minimum atomic E-state index is -3.98. The molecular formula is C22H21F3N4O3S. The molecule has 7 nitrogen and oxygen atoms in total. The lowest BCUT2D eigenvalue weighted by Crippen LogP contribution is -2.56. The second-order valence-electron chi connectivity index (χ2n) is 7.90. The van der Waals surface area contributed by atoms with Crippen molar-refractivity contribution in [2.24, 2.45) is 10.7 Å². The van der Waals surface area contributed by atoms with Crippen LogP contribution < -0.4 is 10.5 Å². The van der Waals surface area contributed by atoms with Gasteiger partial charge < -0.3 is 10.5 Å². The van der Waals surface area contributed by atoms with E-state index in [2.05, 4.69) is 20.9 Å². The van der Waals surface area contributed by atoms with Gasteiger partial charge in [-0.2, -0.15) is 0 Å². The highest BCUT2D eigenvalue weighted by Crippen LogP contribution is 2.39. The summed E-state index contributed by atoms with van der Waals surface area (Å²) < 4.78 is 72.7. The van der Waals surface area contributed by atoms with Gasteiger partial charge in [0.05, 0.1) is 18.1 Å². The van der Waals surface area contributed by atoms with Crippen LogP contribution >= 0.6 is 0 Å². The molecule has 1 aliphatic heterocycles. The Kier molecular flexibility index (Phi) is 6.51. The molecule has 33 heavy (non-hydrogen) atoms. The molecule has 1 aliphatic rings. The van der Waals surface area contributed by atoms with Crippen molar-refractivity contribution in [3.63, 3.8) is 0 Å². The molecule has 0 spiro atoms. The number of hydrogen-bond donors (Lipinski definition) is 1. The number of nitrogens with zero attached hydrogens (tertiary/aromatic N) is 3. The van der Waals surface area contributed by atoms with E-state index in [1.807, 2.05) is 0 Å². The Morgan fingerprint density at radius 1 is 1.33 bits per heavy atom. The molecule has 2 N–H and O–H groups in total. The van der Waals surface area contributed by atoms with Gasteiger partial charge in [0.25, 0.3) is 0 Å². The van der Waals surface area contributed by atoms with E-state index < -0.39 is 44.2 Å². The Labute approximate surface area is 189 Å². The second kappa shape index (κ2) is 8.86. The lowest BCUT2D eigenvalue weighted by molar-refractivity contribution is 0.323. The van der Waals surface area contributed by atoms with Gasteiger partial charge in [-0.3, -0.25) is 4.99 Å². The predicted molar refractivity (Wildman–Crippen MR) is 119 cm³/mol. The van der Waals surface area contributed by atoms with Crippen LogP contribution in [0.4, 0.5) is 13.2 Å². The van der Waals surface area contributed by atoms with E-state index in [1.165, 1.54) is 26.1 Å². The van der Waals surface area contributed by atoms with E-state index in [-0.39, 0.29) is 35.1 Å². The summed E-state index contributed by atoms with van der Waals surface area (Å²) in [5.74, 6) is -0.479. The van der Waals surface area contributed by atoms with Crippen LogP contribution in [-0.4, -0.2) is 48.0 Å². The van der Waals surface area contributed by atoms with Crippen molar-refractivity contribution in [1.82, 2.24) is 9.97 Å². The van der Waals surface area contributed by atoms with Crippen LogP contribution in [0.3, 0.4) is 0 Å². The maximum atomic E-state index is 14.7. The van der Waals surface area contributed by atoms with Gasteiger partial charge in [0, 0.05) is 5.56 Å². The molecule has 0 saturated carbocycles. The molecule has 1 aromatic carbocycles. The zero-order valence-electron chi connectivity index (χ0n) is 17.8. The number of aliphatic imine (C=N–C) groups is 1. The minimum absolute atomic E-state index is 0.0269. The van der Waals surface area contributed by atoms with E-state index in [0.717, 1.165) is 24.4 Å². The van der Waals surface area contributed by atoms with Crippen molar-refractivity contribution < 1.29 is 26.3 Å². The van der Waals surface area contributed by atoms with Crippen molar-refractivity contribution in [3.8, 4) is 18.2 Å². The van der Waals surface area contributed by atoms with E-state index in [1.54, 1.807) is 0 Å². The Bertz CT molecular complexity index is 1270. The van der Waals surface area contributed by atoms with E-state index in [9.17, 15) is 21.6 Å². The summed E-state index contributed by atoms with van der Waals surface area (Å²) in [6.45, 7) is 1.34. The zero-order valence-corrected chi connectivity index (χ0v) is 18.7. The second-order valence-corrected chi connectivity index (χ2v) is 10.4. The first-order valence-corrected chi connectivity index (χ1v) is 11.3. The lowest BCUT2D eigenvalue weighted by atomic mass is 9.90. The summed E-state index contributed by atoms with van der Waals surface area (Å²) in [4.78, 5) is 11.8. The summed E-state index contributed by atoms with van der Waals surface area (Å²) in [5.41, 5.74) is 3.39. The van der Waals surface area contributed by atoms with Gasteiger partial charge in [0.2, 0.25) is 5.88 Å². The molecule has 0 aliphatic carbocycles. The highest BCUT2D eigenvalue weighted by Gasteiger charge is 2.51. The fourth-order valence-corrected chi connectivity index (χ4v) is 4.82. The van der Waals surface area contributed by atoms with Crippen LogP contribution in [-0.2, 0) is 15.4 Å². The van der Waals surface area contributed by atoms with Gasteiger partial charge in [-0.25, -0.2) is 31.6 Å². The fourth-order valence-electron chi connectivity index (χ4n) is 3.17. The standard InChI is InChI=1S/C22H21F3N4O3S/c1-4-7-32-19-11-27-18(10-28-19)17(25)9-14-5-6-16(24)15(8-14)22(12-23)13-33(30,31)21(2,3)20(26)29-22/h1,5-6,8-11H,7,12-13H2,2-3H3,(H2,26,29). The maximum absolute atomic E-state index is 14.7. The van der Waals surface area contributed by atoms with Gasteiger partial charge in [-0.05, 0) is 37.6 Å². The Balaban J connectivity index is 2.02. The van der Waals surface area contributed by atoms with Crippen LogP contribution in [0.2, 0.25) is 0 Å². The predicted octanol–water partition coefficient (Wildman–Crippen LogP) is 2.82. The molecule has 0 saturated heterocycles. The molecule has 11 heteroatoms. The molecular weight excluding hydrogens is 457 g/mol. The average molecular weight is 478 g/mol. The van der Waals surface area contributed by atoms with Gasteiger partial charge in [0.15, 0.2) is 22.3 Å². The first-order valence-electron chi connectivity index (χ1n) is 9.66. The molecule has 1 unspecified atom stereocenters. The van der Waals surface area contributed by atoms with E-state index in [4.69, 9.17) is 16.9 Å². The Hall–Kier alpha value is -3.39. The molecule has 1 atom stereocenters. The van der Waals surface area contributed by atoms with Crippen molar-refractivity contribution >= 4 is 27.6 Å². The third-order valence-corrected chi connectivity index (χ3v) is 7.96. The van der Waals surface area contributed by atoms with Gasteiger partial charge in [-0.1, -0.05) is 12.0 Å². The number of rotatable bonds is 6. The number of alkyl halides is 1. The molecule has 3 rings (SSSR count). The quantitative estimate of drug-likeness (QED) is 0.640. The molecule has 0 fully saturated rings. The summed E-state index contributed by atoms with van der Waals surface area (Å²) in [5, 5.41) is 0. The van der Waals surface area contributed by atoms with Crippen LogP contribution in [0.15, 0.2) is 35.6 Å². The van der Waals surface area contributed by atoms with Crippen molar-refractivity contribution in [2.45, 2.75) is 24.1 Å². The topological polar surface area (TPSA) is 108 Å². The van der Waals surface area contributed by atoms with E-state index in [0.29, 0.717) is 0 Å². The fraction of sp³-hybridized carbons (Fsp3) is 0.318. The number of halogens is 3. The first-order chi connectivity index (χ1) is 15.5. The largest absolute Gasteiger partial charge is 0.463 e.